The zero-order chi connectivity index (χ0) is 15.3. The number of halogens is 1. The van der Waals surface area contributed by atoms with Crippen molar-refractivity contribution in [2.45, 2.75) is 46.1 Å². The largest absolute Gasteiger partial charge is 0.467 e. The van der Waals surface area contributed by atoms with Gasteiger partial charge in [-0.25, -0.2) is 0 Å². The van der Waals surface area contributed by atoms with Crippen LogP contribution in [0.25, 0.3) is 0 Å². The maximum Gasteiger partial charge on any atom is 0.133 e. The van der Waals surface area contributed by atoms with E-state index in [9.17, 15) is 0 Å². The fourth-order valence-electron chi connectivity index (χ4n) is 1.88. The van der Waals surface area contributed by atoms with E-state index >= 15 is 0 Å². The molecule has 0 amide bonds. The standard InChI is InChI=1S/C17H22ClNO2/c1-17(2,3)19-10-13-8-9-21-16(13)12-20-11-14-6-4-5-7-15(14)18/h4-9,19H,10-12H2,1-3H3. The first-order valence-electron chi connectivity index (χ1n) is 7.07. The lowest BCUT2D eigenvalue weighted by Crippen LogP contribution is -2.35. The molecule has 114 valence electrons. The lowest BCUT2D eigenvalue weighted by molar-refractivity contribution is 0.0921. The lowest BCUT2D eigenvalue weighted by atomic mass is 10.1. The fourth-order valence-corrected chi connectivity index (χ4v) is 2.07. The van der Waals surface area contributed by atoms with Gasteiger partial charge in [0.05, 0.1) is 12.9 Å². The Labute approximate surface area is 131 Å². The second-order valence-electron chi connectivity index (χ2n) is 6.06. The Morgan fingerprint density at radius 3 is 2.57 bits per heavy atom. The molecule has 0 spiro atoms. The normalized spacial score (nSPS) is 11.8. The van der Waals surface area contributed by atoms with E-state index in [1.54, 1.807) is 6.26 Å². The van der Waals surface area contributed by atoms with Crippen molar-refractivity contribution in [3.63, 3.8) is 0 Å². The number of rotatable bonds is 6. The van der Waals surface area contributed by atoms with Crippen molar-refractivity contribution in [1.82, 2.24) is 5.32 Å². The summed E-state index contributed by atoms with van der Waals surface area (Å²) in [7, 11) is 0. The van der Waals surface area contributed by atoms with Crippen LogP contribution < -0.4 is 5.32 Å². The molecule has 0 fully saturated rings. The van der Waals surface area contributed by atoms with Crippen LogP contribution in [0.1, 0.15) is 37.7 Å². The van der Waals surface area contributed by atoms with Crippen molar-refractivity contribution in [2.24, 2.45) is 0 Å². The van der Waals surface area contributed by atoms with Gasteiger partial charge in [0, 0.05) is 22.7 Å². The Morgan fingerprint density at radius 2 is 1.86 bits per heavy atom. The van der Waals surface area contributed by atoms with Gasteiger partial charge >= 0.3 is 0 Å². The number of hydrogen-bond donors (Lipinski definition) is 1. The molecule has 0 aliphatic carbocycles. The first-order valence-corrected chi connectivity index (χ1v) is 7.45. The average molecular weight is 308 g/mol. The van der Waals surface area contributed by atoms with E-state index in [0.29, 0.717) is 13.2 Å². The van der Waals surface area contributed by atoms with Gasteiger partial charge in [0.25, 0.3) is 0 Å². The summed E-state index contributed by atoms with van der Waals surface area (Å²) in [4.78, 5) is 0. The topological polar surface area (TPSA) is 34.4 Å². The molecule has 0 bridgehead atoms. The van der Waals surface area contributed by atoms with E-state index < -0.39 is 0 Å². The maximum absolute atomic E-state index is 6.10. The van der Waals surface area contributed by atoms with Crippen LogP contribution in [0.15, 0.2) is 41.0 Å². The highest BCUT2D eigenvalue weighted by Gasteiger charge is 2.12. The van der Waals surface area contributed by atoms with E-state index in [4.69, 9.17) is 20.8 Å². The predicted octanol–water partition coefficient (Wildman–Crippen LogP) is 4.54. The summed E-state index contributed by atoms with van der Waals surface area (Å²) in [5, 5.41) is 4.17. The number of ether oxygens (including phenoxy) is 1. The van der Waals surface area contributed by atoms with Crippen LogP contribution >= 0.6 is 11.6 Å². The zero-order valence-corrected chi connectivity index (χ0v) is 13.5. The summed E-state index contributed by atoms with van der Waals surface area (Å²) in [5.41, 5.74) is 2.19. The molecule has 1 aromatic carbocycles. The summed E-state index contributed by atoms with van der Waals surface area (Å²) in [5.74, 6) is 0.860. The summed E-state index contributed by atoms with van der Waals surface area (Å²) < 4.78 is 11.2. The lowest BCUT2D eigenvalue weighted by Gasteiger charge is -2.20. The molecule has 4 heteroatoms. The Hall–Kier alpha value is -1.29. The third kappa shape index (κ3) is 5.20. The number of hydrogen-bond acceptors (Lipinski definition) is 3. The van der Waals surface area contributed by atoms with Gasteiger partial charge in [0.2, 0.25) is 0 Å². The summed E-state index contributed by atoms with van der Waals surface area (Å²) in [6.45, 7) is 8.11. The Balaban J connectivity index is 1.87. The van der Waals surface area contributed by atoms with Crippen molar-refractivity contribution in [3.8, 4) is 0 Å². The SMILES string of the molecule is CC(C)(C)NCc1ccoc1COCc1ccccc1Cl. The zero-order valence-electron chi connectivity index (χ0n) is 12.8. The van der Waals surface area contributed by atoms with Gasteiger partial charge in [-0.05, 0) is 38.5 Å². The van der Waals surface area contributed by atoms with E-state index in [2.05, 4.69) is 26.1 Å². The van der Waals surface area contributed by atoms with Crippen molar-refractivity contribution >= 4 is 11.6 Å². The smallest absolute Gasteiger partial charge is 0.133 e. The van der Waals surface area contributed by atoms with Gasteiger partial charge in [-0.15, -0.1) is 0 Å². The molecule has 0 aliphatic rings. The molecule has 1 heterocycles. The van der Waals surface area contributed by atoms with Crippen molar-refractivity contribution < 1.29 is 9.15 Å². The second-order valence-corrected chi connectivity index (χ2v) is 6.46. The van der Waals surface area contributed by atoms with Gasteiger partial charge in [0.1, 0.15) is 12.4 Å². The van der Waals surface area contributed by atoms with Gasteiger partial charge in [-0.1, -0.05) is 29.8 Å². The van der Waals surface area contributed by atoms with Crippen LogP contribution in [-0.2, 0) is 24.5 Å². The second kappa shape index (κ2) is 7.12. The Kier molecular flexibility index (Phi) is 5.45. The Morgan fingerprint density at radius 1 is 1.10 bits per heavy atom. The molecule has 0 radical (unpaired) electrons. The molecule has 0 aliphatic heterocycles. The molecule has 2 aromatic rings. The first kappa shape index (κ1) is 16.1. The van der Waals surface area contributed by atoms with Gasteiger partial charge < -0.3 is 14.5 Å². The molecular weight excluding hydrogens is 286 g/mol. The fraction of sp³-hybridized carbons (Fsp3) is 0.412. The molecule has 1 N–H and O–H groups in total. The highest BCUT2D eigenvalue weighted by Crippen LogP contribution is 2.18. The molecule has 0 unspecified atom stereocenters. The highest BCUT2D eigenvalue weighted by atomic mass is 35.5. The van der Waals surface area contributed by atoms with Gasteiger partial charge in [-0.3, -0.25) is 0 Å². The summed E-state index contributed by atoms with van der Waals surface area (Å²) >= 11 is 6.10. The van der Waals surface area contributed by atoms with E-state index in [0.717, 1.165) is 28.5 Å². The molecule has 2 rings (SSSR count). The van der Waals surface area contributed by atoms with Gasteiger partial charge in [-0.2, -0.15) is 0 Å². The number of nitrogens with one attached hydrogen (secondary N) is 1. The van der Waals surface area contributed by atoms with Crippen LogP contribution in [0.5, 0.6) is 0 Å². The minimum Gasteiger partial charge on any atom is -0.467 e. The van der Waals surface area contributed by atoms with Crippen molar-refractivity contribution in [2.75, 3.05) is 0 Å². The molecule has 1 aromatic heterocycles. The van der Waals surface area contributed by atoms with Crippen LogP contribution in [0, 0.1) is 0 Å². The molecule has 3 nitrogen and oxygen atoms in total. The third-order valence-corrected chi connectivity index (χ3v) is 3.46. The molecular formula is C17H22ClNO2. The van der Waals surface area contributed by atoms with E-state index in [1.165, 1.54) is 0 Å². The van der Waals surface area contributed by atoms with Crippen molar-refractivity contribution in [1.29, 1.82) is 0 Å². The molecule has 0 saturated heterocycles. The Bertz CT molecular complexity index is 572. The minimum absolute atomic E-state index is 0.0764. The summed E-state index contributed by atoms with van der Waals surface area (Å²) in [6.07, 6.45) is 1.70. The number of benzene rings is 1. The molecule has 0 saturated carbocycles. The van der Waals surface area contributed by atoms with Crippen molar-refractivity contribution in [3.05, 3.63) is 58.5 Å². The molecule has 21 heavy (non-hydrogen) atoms. The van der Waals surface area contributed by atoms with Gasteiger partial charge in [0.15, 0.2) is 0 Å². The highest BCUT2D eigenvalue weighted by molar-refractivity contribution is 6.31. The molecule has 0 atom stereocenters. The van der Waals surface area contributed by atoms with Crippen LogP contribution in [0.2, 0.25) is 5.02 Å². The maximum atomic E-state index is 6.10. The monoisotopic (exact) mass is 307 g/mol. The minimum atomic E-state index is 0.0764. The third-order valence-electron chi connectivity index (χ3n) is 3.10. The van der Waals surface area contributed by atoms with E-state index in [1.807, 2.05) is 30.3 Å². The van der Waals surface area contributed by atoms with Crippen LogP contribution in [0.3, 0.4) is 0 Å². The predicted molar refractivity (Wildman–Crippen MR) is 85.2 cm³/mol. The quantitative estimate of drug-likeness (QED) is 0.851. The first-order chi connectivity index (χ1) is 9.96. The average Bonchev–Trinajstić information content (AvgIpc) is 2.85. The van der Waals surface area contributed by atoms with E-state index in [-0.39, 0.29) is 5.54 Å². The summed E-state index contributed by atoms with van der Waals surface area (Å²) in [6, 6.07) is 9.68. The number of furan rings is 1. The van der Waals surface area contributed by atoms with Crippen LogP contribution in [0.4, 0.5) is 0 Å². The van der Waals surface area contributed by atoms with Crippen LogP contribution in [-0.4, -0.2) is 5.54 Å².